The highest BCUT2D eigenvalue weighted by Crippen LogP contribution is 2.36. The number of amides is 1. The van der Waals surface area contributed by atoms with Crippen molar-refractivity contribution in [2.75, 3.05) is 46.8 Å². The van der Waals surface area contributed by atoms with Gasteiger partial charge in [-0.3, -0.25) is 9.59 Å². The van der Waals surface area contributed by atoms with Crippen LogP contribution in [0.15, 0.2) is 0 Å². The van der Waals surface area contributed by atoms with E-state index in [1.54, 1.807) is 46.2 Å². The van der Waals surface area contributed by atoms with Crippen molar-refractivity contribution in [2.45, 2.75) is 53.4 Å². The zero-order valence-electron chi connectivity index (χ0n) is 19.6. The Bertz CT molecular complexity index is 632. The van der Waals surface area contributed by atoms with Crippen LogP contribution in [0.4, 0.5) is 0 Å². The monoisotopic (exact) mass is 425 g/mol. The number of rotatable bonds is 6. The summed E-state index contributed by atoms with van der Waals surface area (Å²) >= 11 is 0. The molecule has 0 saturated carbocycles. The predicted molar refractivity (Wildman–Crippen MR) is 123 cm³/mol. The van der Waals surface area contributed by atoms with Crippen molar-refractivity contribution in [2.24, 2.45) is 11.8 Å². The van der Waals surface area contributed by atoms with Crippen molar-refractivity contribution >= 4 is 18.8 Å². The second kappa shape index (κ2) is 17.3. The van der Waals surface area contributed by atoms with Crippen LogP contribution < -0.4 is 0 Å². The predicted octanol–water partition coefficient (Wildman–Crippen LogP) is 4.15. The minimum absolute atomic E-state index is 0.0254. The molecule has 1 fully saturated rings. The molecule has 5 nitrogen and oxygen atoms in total. The first-order valence-corrected chi connectivity index (χ1v) is 12.9. The molecule has 0 radical (unpaired) electrons. The normalized spacial score (nSPS) is 14.2. The van der Waals surface area contributed by atoms with Crippen LogP contribution in [0.1, 0.15) is 53.4 Å². The third-order valence-corrected chi connectivity index (χ3v) is 5.02. The first-order chi connectivity index (χ1) is 13.5. The van der Waals surface area contributed by atoms with Crippen molar-refractivity contribution in [1.29, 1.82) is 0 Å². The number of carbonyl (C=O) groups is 2. The van der Waals surface area contributed by atoms with Crippen molar-refractivity contribution in [1.82, 2.24) is 4.90 Å². The van der Waals surface area contributed by atoms with Crippen LogP contribution in [0, 0.1) is 35.5 Å². The average molecular weight is 426 g/mol. The lowest BCUT2D eigenvalue weighted by Crippen LogP contribution is -2.27. The van der Waals surface area contributed by atoms with E-state index < -0.39 is 7.14 Å². The molecule has 0 bridgehead atoms. The molecule has 2 atom stereocenters. The van der Waals surface area contributed by atoms with Crippen LogP contribution in [0.5, 0.6) is 0 Å². The van der Waals surface area contributed by atoms with Crippen molar-refractivity contribution in [3.63, 3.8) is 0 Å². The van der Waals surface area contributed by atoms with Crippen LogP contribution in [0.2, 0.25) is 0 Å². The summed E-state index contributed by atoms with van der Waals surface area (Å²) in [5.41, 5.74) is 0. The number of hydrogen-bond donors (Lipinski definition) is 0. The SMILES string of the molecule is C1CCOC1.CC#CC[C@H](C)C(=O)CP(C)(C)=O.CC#CC[C@H](C)C(=O)N(C)C. The van der Waals surface area contributed by atoms with Gasteiger partial charge < -0.3 is 14.2 Å². The van der Waals surface area contributed by atoms with E-state index in [0.717, 1.165) is 13.2 Å². The van der Waals surface area contributed by atoms with Gasteiger partial charge >= 0.3 is 0 Å². The largest absolute Gasteiger partial charge is 0.381 e. The lowest BCUT2D eigenvalue weighted by atomic mass is 10.0. The Morgan fingerprint density at radius 3 is 1.72 bits per heavy atom. The van der Waals surface area contributed by atoms with E-state index in [2.05, 4.69) is 23.7 Å². The van der Waals surface area contributed by atoms with Gasteiger partial charge in [-0.15, -0.1) is 23.7 Å². The minimum Gasteiger partial charge on any atom is -0.381 e. The number of nitrogens with zero attached hydrogens (tertiary/aromatic N) is 1. The number of ketones is 1. The second-order valence-corrected chi connectivity index (χ2v) is 11.3. The van der Waals surface area contributed by atoms with E-state index in [4.69, 9.17) is 4.74 Å². The van der Waals surface area contributed by atoms with Gasteiger partial charge in [0.2, 0.25) is 5.91 Å². The summed E-state index contributed by atoms with van der Waals surface area (Å²) in [5, 5.41) is 0. The summed E-state index contributed by atoms with van der Waals surface area (Å²) < 4.78 is 16.3. The standard InChI is InChI=1S/C10H17O2P.C9H15NO.C4H8O/c1-5-6-7-9(2)10(11)8-13(3,4)12;1-5-6-7-8(2)9(11)10(3)4;1-2-4-5-3-1/h9H,7-8H2,1-4H3;8H,7H2,1-4H3;1-4H2/t9-;8-;/m00./s1. The van der Waals surface area contributed by atoms with Crippen molar-refractivity contribution in [3.05, 3.63) is 0 Å². The lowest BCUT2D eigenvalue weighted by Gasteiger charge is -2.14. The van der Waals surface area contributed by atoms with Gasteiger partial charge in [0, 0.05) is 52.0 Å². The minimum atomic E-state index is -2.21. The Morgan fingerprint density at radius 2 is 1.41 bits per heavy atom. The summed E-state index contributed by atoms with van der Waals surface area (Å²) in [6, 6.07) is 0. The van der Waals surface area contributed by atoms with Crippen LogP contribution in [-0.2, 0) is 18.9 Å². The molecular weight excluding hydrogens is 385 g/mol. The summed E-state index contributed by atoms with van der Waals surface area (Å²) in [5.74, 6) is 11.4. The van der Waals surface area contributed by atoms with E-state index in [1.165, 1.54) is 12.8 Å². The van der Waals surface area contributed by atoms with Crippen LogP contribution >= 0.6 is 7.14 Å². The maximum Gasteiger partial charge on any atom is 0.225 e. The maximum absolute atomic E-state index is 11.4. The fourth-order valence-electron chi connectivity index (χ4n) is 2.19. The molecule has 0 aromatic heterocycles. The molecule has 1 aliphatic heterocycles. The molecule has 0 spiro atoms. The number of hydrogen-bond acceptors (Lipinski definition) is 4. The summed E-state index contributed by atoms with van der Waals surface area (Å²) in [6.45, 7) is 12.6. The van der Waals surface area contributed by atoms with Gasteiger partial charge in [-0.1, -0.05) is 13.8 Å². The molecule has 1 aliphatic rings. The van der Waals surface area contributed by atoms with E-state index in [0.29, 0.717) is 12.8 Å². The Balaban J connectivity index is 0. The van der Waals surface area contributed by atoms with Gasteiger partial charge in [-0.25, -0.2) is 0 Å². The van der Waals surface area contributed by atoms with Crippen LogP contribution in [-0.4, -0.2) is 63.4 Å². The maximum atomic E-state index is 11.4. The van der Waals surface area contributed by atoms with E-state index in [1.807, 2.05) is 13.8 Å². The summed E-state index contributed by atoms with van der Waals surface area (Å²) in [6.07, 6.45) is 4.00. The fraction of sp³-hybridized carbons (Fsp3) is 0.739. The average Bonchev–Trinajstić information content (AvgIpc) is 3.22. The third-order valence-electron chi connectivity index (χ3n) is 3.95. The highest BCUT2D eigenvalue weighted by atomic mass is 31.2. The van der Waals surface area contributed by atoms with Gasteiger partial charge in [-0.05, 0) is 40.0 Å². The first kappa shape index (κ1) is 29.6. The smallest absolute Gasteiger partial charge is 0.225 e. The van der Waals surface area contributed by atoms with Crippen molar-refractivity contribution in [3.8, 4) is 23.7 Å². The van der Waals surface area contributed by atoms with Crippen LogP contribution in [0.3, 0.4) is 0 Å². The van der Waals surface area contributed by atoms with Gasteiger partial charge in [-0.2, -0.15) is 0 Å². The molecule has 0 unspecified atom stereocenters. The molecule has 0 aromatic carbocycles. The molecule has 166 valence electrons. The quantitative estimate of drug-likeness (QED) is 0.474. The third kappa shape index (κ3) is 19.5. The molecule has 0 aromatic rings. The molecule has 1 saturated heterocycles. The van der Waals surface area contributed by atoms with E-state index in [-0.39, 0.29) is 29.7 Å². The Kier molecular flexibility index (Phi) is 17.7. The zero-order chi connectivity index (χ0) is 22.9. The highest BCUT2D eigenvalue weighted by molar-refractivity contribution is 7.63. The Hall–Kier alpha value is -1.55. The van der Waals surface area contributed by atoms with E-state index >= 15 is 0 Å². The van der Waals surface area contributed by atoms with Gasteiger partial charge in [0.15, 0.2) is 0 Å². The molecule has 1 heterocycles. The number of Topliss-reactive ketones (excluding diaryl/α,β-unsaturated/α-hetero) is 1. The van der Waals surface area contributed by atoms with Gasteiger partial charge in [0.1, 0.15) is 5.78 Å². The zero-order valence-corrected chi connectivity index (χ0v) is 20.5. The fourth-order valence-corrected chi connectivity index (χ4v) is 3.26. The molecule has 1 rings (SSSR count). The van der Waals surface area contributed by atoms with Gasteiger partial charge in [0.05, 0.1) is 13.3 Å². The Morgan fingerprint density at radius 1 is 0.966 bits per heavy atom. The number of ether oxygens (including phenoxy) is 1. The van der Waals surface area contributed by atoms with Gasteiger partial charge in [0.25, 0.3) is 0 Å². The van der Waals surface area contributed by atoms with Crippen LogP contribution in [0.25, 0.3) is 0 Å². The molecule has 0 aliphatic carbocycles. The summed E-state index contributed by atoms with van der Waals surface area (Å²) in [4.78, 5) is 24.2. The van der Waals surface area contributed by atoms with Crippen molar-refractivity contribution < 1.29 is 18.9 Å². The first-order valence-electron chi connectivity index (χ1n) is 10.1. The lowest BCUT2D eigenvalue weighted by molar-refractivity contribution is -0.132. The Labute approximate surface area is 178 Å². The molecule has 29 heavy (non-hydrogen) atoms. The topological polar surface area (TPSA) is 63.7 Å². The van der Waals surface area contributed by atoms with E-state index in [9.17, 15) is 14.2 Å². The second-order valence-electron chi connectivity index (χ2n) is 7.81. The molecule has 1 amide bonds. The molecular formula is C23H40NO4P. The molecule has 6 heteroatoms. The summed E-state index contributed by atoms with van der Waals surface area (Å²) in [7, 11) is 1.32. The highest BCUT2D eigenvalue weighted by Gasteiger charge is 2.18. The molecule has 0 N–H and O–H groups in total. The number of carbonyl (C=O) groups excluding carboxylic acids is 2.